The topological polar surface area (TPSA) is 72.1 Å². The molecule has 1 aliphatic rings. The largest absolute Gasteiger partial charge is 0.337 e. The Balaban J connectivity index is 1.73. The minimum absolute atomic E-state index is 0.0391. The summed E-state index contributed by atoms with van der Waals surface area (Å²) in [5.74, 6) is 1.45. The molecule has 1 atom stereocenters. The van der Waals surface area contributed by atoms with Crippen molar-refractivity contribution in [1.29, 1.82) is 0 Å². The third-order valence-electron chi connectivity index (χ3n) is 4.56. The average Bonchev–Trinajstić information content (AvgIpc) is 3.22. The summed E-state index contributed by atoms with van der Waals surface area (Å²) in [7, 11) is 5.86. The lowest BCUT2D eigenvalue weighted by Gasteiger charge is -2.31. The number of hydrogen-bond donors (Lipinski definition) is 0. The number of amides is 1. The first kappa shape index (κ1) is 18.4. The van der Waals surface area contributed by atoms with Crippen LogP contribution in [0.25, 0.3) is 0 Å². The van der Waals surface area contributed by atoms with Crippen molar-refractivity contribution in [3.63, 3.8) is 0 Å². The van der Waals surface area contributed by atoms with Gasteiger partial charge in [-0.3, -0.25) is 4.79 Å². The molecule has 0 spiro atoms. The highest BCUT2D eigenvalue weighted by atomic mass is 19.3. The number of rotatable bonds is 5. The van der Waals surface area contributed by atoms with Crippen LogP contribution >= 0.6 is 0 Å². The van der Waals surface area contributed by atoms with Crippen molar-refractivity contribution >= 4 is 5.91 Å². The third kappa shape index (κ3) is 3.74. The highest BCUT2D eigenvalue weighted by Gasteiger charge is 2.30. The second kappa shape index (κ2) is 7.48. The number of alkyl halides is 2. The van der Waals surface area contributed by atoms with Gasteiger partial charge in [-0.15, -0.1) is 10.2 Å². The quantitative estimate of drug-likeness (QED) is 0.801. The van der Waals surface area contributed by atoms with Gasteiger partial charge in [-0.05, 0) is 33.0 Å². The Morgan fingerprint density at radius 1 is 1.38 bits per heavy atom. The van der Waals surface area contributed by atoms with Gasteiger partial charge in [-0.25, -0.2) is 4.68 Å². The molecule has 1 amide bonds. The first-order valence-electron chi connectivity index (χ1n) is 8.52. The van der Waals surface area contributed by atoms with E-state index in [9.17, 15) is 13.6 Å². The lowest BCUT2D eigenvalue weighted by molar-refractivity contribution is 0.0546. The van der Waals surface area contributed by atoms with E-state index >= 15 is 0 Å². The van der Waals surface area contributed by atoms with Gasteiger partial charge in [0.05, 0.1) is 6.54 Å². The molecule has 0 bridgehead atoms. The number of carbonyl (C=O) groups is 1. The maximum atomic E-state index is 12.7. The van der Waals surface area contributed by atoms with E-state index in [-0.39, 0.29) is 17.5 Å². The van der Waals surface area contributed by atoms with E-state index in [4.69, 9.17) is 0 Å². The number of likely N-dealkylation sites (tertiary alicyclic amines) is 1. The standard InChI is InChI=1S/C16H23F2N7O/c1-22(2)10-13-19-20-14(23(13)3)11-5-4-7-24(9-11)15(26)12-6-8-25(21-12)16(17)18/h6,8,11,16H,4-5,7,9-10H2,1-3H3/t11-/m1/s1. The van der Waals surface area contributed by atoms with E-state index in [1.54, 1.807) is 4.90 Å². The molecule has 10 heteroatoms. The van der Waals surface area contributed by atoms with Crippen molar-refractivity contribution in [2.24, 2.45) is 7.05 Å². The van der Waals surface area contributed by atoms with E-state index in [1.165, 1.54) is 6.07 Å². The van der Waals surface area contributed by atoms with Gasteiger partial charge in [-0.1, -0.05) is 0 Å². The van der Waals surface area contributed by atoms with Crippen LogP contribution in [0.15, 0.2) is 12.3 Å². The Kier molecular flexibility index (Phi) is 5.30. The summed E-state index contributed by atoms with van der Waals surface area (Å²) in [6, 6.07) is 1.33. The molecule has 2 aromatic rings. The predicted molar refractivity (Wildman–Crippen MR) is 89.8 cm³/mol. The first-order valence-corrected chi connectivity index (χ1v) is 8.52. The molecule has 0 radical (unpaired) electrons. The van der Waals surface area contributed by atoms with Gasteiger partial charge in [-0.2, -0.15) is 13.9 Å². The van der Waals surface area contributed by atoms with Crippen molar-refractivity contribution in [2.45, 2.75) is 31.9 Å². The van der Waals surface area contributed by atoms with Crippen molar-refractivity contribution in [3.05, 3.63) is 29.6 Å². The van der Waals surface area contributed by atoms with Gasteiger partial charge < -0.3 is 14.4 Å². The van der Waals surface area contributed by atoms with Crippen LogP contribution in [0.2, 0.25) is 0 Å². The Bertz CT molecular complexity index is 770. The van der Waals surface area contributed by atoms with Crippen LogP contribution in [0.5, 0.6) is 0 Å². The van der Waals surface area contributed by atoms with Gasteiger partial charge in [0.2, 0.25) is 0 Å². The fraction of sp³-hybridized carbons (Fsp3) is 0.625. The number of piperidine rings is 1. The summed E-state index contributed by atoms with van der Waals surface area (Å²) < 4.78 is 27.8. The monoisotopic (exact) mass is 367 g/mol. The molecule has 0 N–H and O–H groups in total. The average molecular weight is 367 g/mol. The molecule has 3 heterocycles. The SMILES string of the molecule is CN(C)Cc1nnc([C@@H]2CCCN(C(=O)c3ccn(C(F)F)n3)C2)n1C. The molecule has 26 heavy (non-hydrogen) atoms. The zero-order valence-corrected chi connectivity index (χ0v) is 15.1. The molecular weight excluding hydrogens is 344 g/mol. The molecule has 2 aromatic heterocycles. The summed E-state index contributed by atoms with van der Waals surface area (Å²) in [5.41, 5.74) is 0.0391. The molecular formula is C16H23F2N7O. The number of nitrogens with zero attached hydrogens (tertiary/aromatic N) is 7. The van der Waals surface area contributed by atoms with Crippen LogP contribution in [0.3, 0.4) is 0 Å². The summed E-state index contributed by atoms with van der Waals surface area (Å²) in [4.78, 5) is 16.3. The summed E-state index contributed by atoms with van der Waals surface area (Å²) in [5, 5.41) is 12.2. The summed E-state index contributed by atoms with van der Waals surface area (Å²) in [6.07, 6.45) is 2.85. The van der Waals surface area contributed by atoms with Gasteiger partial charge >= 0.3 is 6.55 Å². The van der Waals surface area contributed by atoms with Crippen molar-refractivity contribution in [2.75, 3.05) is 27.2 Å². The minimum Gasteiger partial charge on any atom is -0.337 e. The van der Waals surface area contributed by atoms with E-state index in [0.29, 0.717) is 24.3 Å². The number of hydrogen-bond acceptors (Lipinski definition) is 5. The molecule has 0 aromatic carbocycles. The van der Waals surface area contributed by atoms with Crippen LogP contribution in [-0.2, 0) is 13.6 Å². The fourth-order valence-corrected chi connectivity index (χ4v) is 3.25. The second-order valence-electron chi connectivity index (χ2n) is 6.82. The lowest BCUT2D eigenvalue weighted by Crippen LogP contribution is -2.40. The fourth-order valence-electron chi connectivity index (χ4n) is 3.25. The van der Waals surface area contributed by atoms with Crippen LogP contribution in [0.1, 0.15) is 47.4 Å². The maximum Gasteiger partial charge on any atom is 0.333 e. The Morgan fingerprint density at radius 3 is 2.81 bits per heavy atom. The molecule has 8 nitrogen and oxygen atoms in total. The third-order valence-corrected chi connectivity index (χ3v) is 4.56. The van der Waals surface area contributed by atoms with Crippen LogP contribution in [0.4, 0.5) is 8.78 Å². The first-order chi connectivity index (χ1) is 12.4. The molecule has 0 unspecified atom stereocenters. The molecule has 3 rings (SSSR count). The van der Waals surface area contributed by atoms with Gasteiger partial charge in [0.25, 0.3) is 5.91 Å². The van der Waals surface area contributed by atoms with E-state index in [0.717, 1.165) is 30.7 Å². The normalized spacial score (nSPS) is 18.1. The smallest absolute Gasteiger partial charge is 0.333 e. The highest BCUT2D eigenvalue weighted by molar-refractivity contribution is 5.92. The summed E-state index contributed by atoms with van der Waals surface area (Å²) in [6.45, 7) is -1.00. The Labute approximate surface area is 150 Å². The van der Waals surface area contributed by atoms with E-state index in [2.05, 4.69) is 15.3 Å². The lowest BCUT2D eigenvalue weighted by atomic mass is 9.97. The Hall–Kier alpha value is -2.36. The van der Waals surface area contributed by atoms with Gasteiger partial charge in [0.15, 0.2) is 5.69 Å². The number of halogens is 2. The van der Waals surface area contributed by atoms with Crippen LogP contribution in [0, 0.1) is 0 Å². The zero-order chi connectivity index (χ0) is 18.8. The van der Waals surface area contributed by atoms with Crippen molar-refractivity contribution in [1.82, 2.24) is 34.3 Å². The van der Waals surface area contributed by atoms with Crippen molar-refractivity contribution < 1.29 is 13.6 Å². The van der Waals surface area contributed by atoms with Gasteiger partial charge in [0.1, 0.15) is 11.6 Å². The minimum atomic E-state index is -2.75. The molecule has 1 aliphatic heterocycles. The molecule has 1 fully saturated rings. The maximum absolute atomic E-state index is 12.7. The van der Waals surface area contributed by atoms with Gasteiger partial charge in [0, 0.05) is 32.3 Å². The van der Waals surface area contributed by atoms with E-state index in [1.807, 2.05) is 30.6 Å². The predicted octanol–water partition coefficient (Wildman–Crippen LogP) is 1.49. The Morgan fingerprint density at radius 2 is 2.15 bits per heavy atom. The molecule has 1 saturated heterocycles. The summed E-state index contributed by atoms with van der Waals surface area (Å²) >= 11 is 0. The van der Waals surface area contributed by atoms with Crippen LogP contribution in [-0.4, -0.2) is 67.4 Å². The molecule has 142 valence electrons. The molecule has 0 aliphatic carbocycles. The zero-order valence-electron chi connectivity index (χ0n) is 15.1. The van der Waals surface area contributed by atoms with Crippen LogP contribution < -0.4 is 0 Å². The van der Waals surface area contributed by atoms with E-state index < -0.39 is 6.55 Å². The number of carbonyl (C=O) groups excluding carboxylic acids is 1. The van der Waals surface area contributed by atoms with Crippen molar-refractivity contribution in [3.8, 4) is 0 Å². The highest BCUT2D eigenvalue weighted by Crippen LogP contribution is 2.27. The second-order valence-corrected chi connectivity index (χ2v) is 6.82. The number of aromatic nitrogens is 5. The molecule has 0 saturated carbocycles.